The van der Waals surface area contributed by atoms with E-state index in [-0.39, 0.29) is 5.92 Å². The van der Waals surface area contributed by atoms with E-state index in [9.17, 15) is 5.21 Å². The number of aromatic nitrogens is 5. The summed E-state index contributed by atoms with van der Waals surface area (Å²) in [6.07, 6.45) is 8.03. The second kappa shape index (κ2) is 8.41. The lowest BCUT2D eigenvalue weighted by Gasteiger charge is -2.09. The first-order valence-electron chi connectivity index (χ1n) is 10.9. The first-order chi connectivity index (χ1) is 17.0. The van der Waals surface area contributed by atoms with Crippen LogP contribution in [0.5, 0.6) is 0 Å². The van der Waals surface area contributed by atoms with Crippen LogP contribution in [0.3, 0.4) is 0 Å². The maximum atomic E-state index is 11.1. The van der Waals surface area contributed by atoms with Crippen molar-refractivity contribution < 1.29 is 14.4 Å². The monoisotopic (exact) mass is 505 g/mol. The maximum Gasteiger partial charge on any atom is 0.247 e. The van der Waals surface area contributed by atoms with Gasteiger partial charge in [-0.2, -0.15) is 0 Å². The molecule has 0 bridgehead atoms. The van der Waals surface area contributed by atoms with Gasteiger partial charge in [-0.05, 0) is 49.2 Å². The Morgan fingerprint density at radius 3 is 2.74 bits per heavy atom. The molecule has 0 saturated carbocycles. The number of nitrogens with zero attached hydrogens (tertiary/aromatic N) is 4. The molecule has 10 heteroatoms. The molecule has 0 unspecified atom stereocenters. The lowest BCUT2D eigenvalue weighted by molar-refractivity contribution is -0.909. The number of aryl methyl sites for hydroxylation is 1. The van der Waals surface area contributed by atoms with Crippen molar-refractivity contribution in [3.05, 3.63) is 88.6 Å². The first-order valence-corrected chi connectivity index (χ1v) is 11.7. The lowest BCUT2D eigenvalue weighted by Crippen LogP contribution is -2.36. The average molecular weight is 506 g/mol. The standard InChI is InChI=1S/C25H19Cl2N6O2/c26-15-2-4-16(21-10-29-12-35-21)19(8-15)14-7-13-1-3-18(23(13)33(34)11-14)25-30-9-20(31-25)17-5-6-22(28)32-24(17)27/h2,4-12,18,34H,1,3H2,(H2,28,32)(H,30,31)/q+1/t18-/m1/s1. The van der Waals surface area contributed by atoms with Crippen LogP contribution in [0.15, 0.2) is 65.8 Å². The van der Waals surface area contributed by atoms with Gasteiger partial charge in [0.25, 0.3) is 0 Å². The zero-order valence-electron chi connectivity index (χ0n) is 18.2. The molecule has 4 heterocycles. The minimum atomic E-state index is -0.105. The lowest BCUT2D eigenvalue weighted by atomic mass is 9.97. The first kappa shape index (κ1) is 21.6. The zero-order chi connectivity index (χ0) is 24.1. The van der Waals surface area contributed by atoms with Gasteiger partial charge in [0.15, 0.2) is 12.2 Å². The van der Waals surface area contributed by atoms with Crippen molar-refractivity contribution in [1.29, 1.82) is 0 Å². The topological polar surface area (TPSA) is 118 Å². The molecule has 4 N–H and O–H groups in total. The molecule has 0 saturated heterocycles. The third-order valence-corrected chi connectivity index (χ3v) is 6.80. The SMILES string of the molecule is Nc1ccc(-c2cnc([C@@H]3CCc4cc(-c5cc(Cl)ccc5-c5cnco5)c[n+](O)c43)[nH]2)c(Cl)n1. The van der Waals surface area contributed by atoms with Gasteiger partial charge >= 0.3 is 0 Å². The number of benzene rings is 1. The van der Waals surface area contributed by atoms with Crippen LogP contribution in [-0.4, -0.2) is 25.1 Å². The molecule has 1 aliphatic carbocycles. The van der Waals surface area contributed by atoms with Crippen molar-refractivity contribution in [2.24, 2.45) is 0 Å². The summed E-state index contributed by atoms with van der Waals surface area (Å²) in [7, 11) is 0. The van der Waals surface area contributed by atoms with Crippen LogP contribution in [0, 0.1) is 0 Å². The van der Waals surface area contributed by atoms with Crippen LogP contribution in [0.2, 0.25) is 10.2 Å². The van der Waals surface area contributed by atoms with Gasteiger partial charge in [0.2, 0.25) is 11.9 Å². The number of rotatable bonds is 4. The number of imidazole rings is 1. The van der Waals surface area contributed by atoms with Crippen LogP contribution >= 0.6 is 23.2 Å². The van der Waals surface area contributed by atoms with E-state index >= 15 is 0 Å². The summed E-state index contributed by atoms with van der Waals surface area (Å²) >= 11 is 12.6. The number of fused-ring (bicyclic) bond motifs is 1. The van der Waals surface area contributed by atoms with Gasteiger partial charge in [-0.1, -0.05) is 23.2 Å². The second-order valence-electron chi connectivity index (χ2n) is 8.39. The van der Waals surface area contributed by atoms with Crippen molar-refractivity contribution in [2.75, 3.05) is 5.73 Å². The summed E-state index contributed by atoms with van der Waals surface area (Å²) in [5, 5.41) is 11.9. The highest BCUT2D eigenvalue weighted by atomic mass is 35.5. The van der Waals surface area contributed by atoms with Crippen LogP contribution in [-0.2, 0) is 6.42 Å². The smallest absolute Gasteiger partial charge is 0.247 e. The fourth-order valence-corrected chi connectivity index (χ4v) is 5.13. The van der Waals surface area contributed by atoms with Crippen LogP contribution in [0.4, 0.5) is 5.82 Å². The Morgan fingerprint density at radius 1 is 1.09 bits per heavy atom. The van der Waals surface area contributed by atoms with E-state index in [0.717, 1.165) is 52.3 Å². The van der Waals surface area contributed by atoms with Crippen LogP contribution in [0.25, 0.3) is 33.7 Å². The number of nitrogen functional groups attached to an aromatic ring is 1. The molecular weight excluding hydrogens is 487 g/mol. The Labute approximate surface area is 210 Å². The predicted octanol–water partition coefficient (Wildman–Crippen LogP) is 5.29. The van der Waals surface area contributed by atoms with E-state index in [4.69, 9.17) is 33.4 Å². The van der Waals surface area contributed by atoms with E-state index in [1.807, 2.05) is 12.1 Å². The molecule has 8 nitrogen and oxygen atoms in total. The summed E-state index contributed by atoms with van der Waals surface area (Å²) in [5.41, 5.74) is 11.5. The van der Waals surface area contributed by atoms with Gasteiger partial charge in [-0.3, -0.25) is 5.21 Å². The minimum absolute atomic E-state index is 0.105. The number of aromatic amines is 1. The minimum Gasteiger partial charge on any atom is -0.443 e. The van der Waals surface area contributed by atoms with Gasteiger partial charge in [-0.25, -0.2) is 15.0 Å². The number of anilines is 1. The summed E-state index contributed by atoms with van der Waals surface area (Å²) < 4.78 is 6.70. The molecule has 4 aromatic heterocycles. The third-order valence-electron chi connectivity index (χ3n) is 6.28. The van der Waals surface area contributed by atoms with E-state index in [1.165, 1.54) is 11.1 Å². The molecule has 0 radical (unpaired) electrons. The fraction of sp³-hybridized carbons (Fsp3) is 0.120. The average Bonchev–Trinajstić information content (AvgIpc) is 3.59. The van der Waals surface area contributed by atoms with E-state index in [1.54, 1.807) is 36.8 Å². The Balaban J connectivity index is 1.38. The maximum absolute atomic E-state index is 11.1. The van der Waals surface area contributed by atoms with Gasteiger partial charge in [-0.15, -0.1) is 0 Å². The Bertz CT molecular complexity index is 1560. The number of nitrogens with one attached hydrogen (secondary N) is 1. The van der Waals surface area contributed by atoms with Crippen molar-refractivity contribution in [3.63, 3.8) is 0 Å². The predicted molar refractivity (Wildman–Crippen MR) is 131 cm³/mol. The van der Waals surface area contributed by atoms with Gasteiger partial charge in [0.1, 0.15) is 22.7 Å². The zero-order valence-corrected chi connectivity index (χ0v) is 19.8. The molecule has 1 aliphatic rings. The van der Waals surface area contributed by atoms with E-state index in [0.29, 0.717) is 27.3 Å². The Kier molecular flexibility index (Phi) is 5.20. The van der Waals surface area contributed by atoms with Gasteiger partial charge < -0.3 is 15.1 Å². The Morgan fingerprint density at radius 2 is 1.94 bits per heavy atom. The molecule has 0 amide bonds. The Hall–Kier alpha value is -3.88. The number of hydrogen-bond acceptors (Lipinski definition) is 6. The molecule has 35 heavy (non-hydrogen) atoms. The fourth-order valence-electron chi connectivity index (χ4n) is 4.70. The molecule has 1 atom stereocenters. The molecule has 1 aromatic carbocycles. The van der Waals surface area contributed by atoms with E-state index < -0.39 is 0 Å². The van der Waals surface area contributed by atoms with Crippen molar-refractivity contribution in [2.45, 2.75) is 18.8 Å². The quantitative estimate of drug-likeness (QED) is 0.173. The third kappa shape index (κ3) is 3.80. The summed E-state index contributed by atoms with van der Waals surface area (Å²) in [6, 6.07) is 11.1. The largest absolute Gasteiger partial charge is 0.443 e. The molecule has 5 aromatic rings. The molecule has 0 aliphatic heterocycles. The summed E-state index contributed by atoms with van der Waals surface area (Å²) in [4.78, 5) is 16.1. The van der Waals surface area contributed by atoms with Gasteiger partial charge in [0.05, 0.1) is 23.7 Å². The number of oxazole rings is 1. The van der Waals surface area contributed by atoms with Crippen molar-refractivity contribution in [1.82, 2.24) is 19.9 Å². The van der Waals surface area contributed by atoms with Gasteiger partial charge in [0, 0.05) is 32.0 Å². The molecule has 174 valence electrons. The highest BCUT2D eigenvalue weighted by Crippen LogP contribution is 2.39. The van der Waals surface area contributed by atoms with Crippen LogP contribution < -0.4 is 10.5 Å². The molecular formula is C25H19Cl2N6O2+. The second-order valence-corrected chi connectivity index (χ2v) is 9.18. The van der Waals surface area contributed by atoms with E-state index in [2.05, 4.69) is 26.0 Å². The summed E-state index contributed by atoms with van der Waals surface area (Å²) in [6.45, 7) is 0. The molecule has 6 rings (SSSR count). The normalized spacial score (nSPS) is 14.9. The number of hydrogen-bond donors (Lipinski definition) is 3. The number of halogens is 2. The molecule has 0 spiro atoms. The number of pyridine rings is 2. The highest BCUT2D eigenvalue weighted by molar-refractivity contribution is 6.32. The number of nitrogens with two attached hydrogens (primary N) is 1. The van der Waals surface area contributed by atoms with Crippen molar-refractivity contribution in [3.8, 4) is 33.7 Å². The van der Waals surface area contributed by atoms with Crippen molar-refractivity contribution >= 4 is 29.0 Å². The van der Waals surface area contributed by atoms with Crippen LogP contribution in [0.1, 0.15) is 29.4 Å². The highest BCUT2D eigenvalue weighted by Gasteiger charge is 2.37. The molecule has 0 fully saturated rings. The summed E-state index contributed by atoms with van der Waals surface area (Å²) in [5.74, 6) is 1.61. The number of H-pyrrole nitrogens is 1.